The molecule has 2 heterocycles. The fourth-order valence-corrected chi connectivity index (χ4v) is 4.09. The van der Waals surface area contributed by atoms with Gasteiger partial charge in [0.05, 0.1) is 0 Å². The number of thiophene rings is 1. The van der Waals surface area contributed by atoms with Crippen LogP contribution in [0.15, 0.2) is 59.9 Å². The Labute approximate surface area is 171 Å². The Bertz CT molecular complexity index is 881. The van der Waals surface area contributed by atoms with Gasteiger partial charge >= 0.3 is 0 Å². The maximum Gasteiger partial charge on any atom is 0.191 e. The third-order valence-corrected chi connectivity index (χ3v) is 5.43. The summed E-state index contributed by atoms with van der Waals surface area (Å²) in [5.74, 6) is 1.79. The standard InChI is InChI=1S/C22H29N5S/c1-4-23-22(26-17(2)14-20-11-10-18(3)28-20)25-15-21-24-12-13-27(21)16-19-8-6-5-7-9-19/h5-13,17H,4,14-16H2,1-3H3,(H2,23,25,26). The lowest BCUT2D eigenvalue weighted by Crippen LogP contribution is -2.43. The van der Waals surface area contributed by atoms with Gasteiger partial charge in [-0.15, -0.1) is 11.3 Å². The Kier molecular flexibility index (Phi) is 7.25. The highest BCUT2D eigenvalue weighted by atomic mass is 32.1. The van der Waals surface area contributed by atoms with Crippen molar-refractivity contribution in [3.63, 3.8) is 0 Å². The Hall–Kier alpha value is -2.60. The summed E-state index contributed by atoms with van der Waals surface area (Å²) in [6.07, 6.45) is 4.85. The van der Waals surface area contributed by atoms with Crippen LogP contribution in [0.1, 0.15) is 35.0 Å². The molecule has 0 aliphatic rings. The van der Waals surface area contributed by atoms with Crippen LogP contribution in [0.25, 0.3) is 0 Å². The van der Waals surface area contributed by atoms with E-state index in [4.69, 9.17) is 4.99 Å². The third-order valence-electron chi connectivity index (χ3n) is 4.41. The van der Waals surface area contributed by atoms with E-state index in [1.807, 2.05) is 29.8 Å². The Morgan fingerprint density at radius 1 is 1.21 bits per heavy atom. The van der Waals surface area contributed by atoms with Gasteiger partial charge in [0.15, 0.2) is 5.96 Å². The van der Waals surface area contributed by atoms with Crippen molar-refractivity contribution in [1.29, 1.82) is 0 Å². The largest absolute Gasteiger partial charge is 0.357 e. The van der Waals surface area contributed by atoms with Crippen molar-refractivity contribution >= 4 is 17.3 Å². The second-order valence-corrected chi connectivity index (χ2v) is 8.29. The van der Waals surface area contributed by atoms with Crippen LogP contribution >= 0.6 is 11.3 Å². The first-order valence-electron chi connectivity index (χ1n) is 9.78. The number of guanidine groups is 1. The number of imidazole rings is 1. The van der Waals surface area contributed by atoms with Crippen LogP contribution in [0.5, 0.6) is 0 Å². The highest BCUT2D eigenvalue weighted by molar-refractivity contribution is 7.11. The van der Waals surface area contributed by atoms with E-state index in [0.717, 1.165) is 31.3 Å². The highest BCUT2D eigenvalue weighted by Gasteiger charge is 2.09. The second kappa shape index (κ2) is 10.1. The summed E-state index contributed by atoms with van der Waals surface area (Å²) in [5.41, 5.74) is 1.26. The zero-order valence-corrected chi connectivity index (χ0v) is 17.7. The van der Waals surface area contributed by atoms with E-state index in [9.17, 15) is 0 Å². The van der Waals surface area contributed by atoms with Gasteiger partial charge in [-0.1, -0.05) is 30.3 Å². The summed E-state index contributed by atoms with van der Waals surface area (Å²) in [6, 6.07) is 15.1. The molecule has 5 nitrogen and oxygen atoms in total. The molecule has 0 saturated heterocycles. The molecule has 0 bridgehead atoms. The number of aliphatic imine (C=N–C) groups is 1. The molecule has 6 heteroatoms. The Morgan fingerprint density at radius 2 is 2.04 bits per heavy atom. The maximum atomic E-state index is 4.76. The van der Waals surface area contributed by atoms with Gasteiger partial charge in [0.2, 0.25) is 0 Å². The zero-order chi connectivity index (χ0) is 19.8. The molecular formula is C22H29N5S. The summed E-state index contributed by atoms with van der Waals surface area (Å²) in [7, 11) is 0. The molecule has 1 atom stereocenters. The summed E-state index contributed by atoms with van der Waals surface area (Å²) in [4.78, 5) is 12.0. The number of aromatic nitrogens is 2. The van der Waals surface area contributed by atoms with E-state index in [1.165, 1.54) is 15.3 Å². The fraction of sp³-hybridized carbons (Fsp3) is 0.364. The number of rotatable bonds is 8. The molecule has 1 unspecified atom stereocenters. The molecule has 0 aliphatic carbocycles. The minimum absolute atomic E-state index is 0.305. The molecule has 0 amide bonds. The van der Waals surface area contributed by atoms with E-state index in [1.54, 1.807) is 0 Å². The first-order valence-corrected chi connectivity index (χ1v) is 10.6. The minimum atomic E-state index is 0.305. The lowest BCUT2D eigenvalue weighted by Gasteiger charge is -2.17. The number of hydrogen-bond acceptors (Lipinski definition) is 3. The molecule has 2 aromatic heterocycles. The molecule has 28 heavy (non-hydrogen) atoms. The average Bonchev–Trinajstić information content (AvgIpc) is 3.29. The van der Waals surface area contributed by atoms with E-state index in [-0.39, 0.29) is 0 Å². The van der Waals surface area contributed by atoms with Gasteiger partial charge in [-0.3, -0.25) is 0 Å². The monoisotopic (exact) mass is 395 g/mol. The van der Waals surface area contributed by atoms with Crippen molar-refractivity contribution in [2.24, 2.45) is 4.99 Å². The van der Waals surface area contributed by atoms with Gasteiger partial charge < -0.3 is 15.2 Å². The molecule has 148 valence electrons. The Morgan fingerprint density at radius 3 is 2.75 bits per heavy atom. The van der Waals surface area contributed by atoms with Crippen LogP contribution in [0, 0.1) is 6.92 Å². The number of nitrogens with zero attached hydrogens (tertiary/aromatic N) is 3. The van der Waals surface area contributed by atoms with E-state index in [0.29, 0.717) is 12.6 Å². The maximum absolute atomic E-state index is 4.76. The third kappa shape index (κ3) is 5.96. The van der Waals surface area contributed by atoms with Gasteiger partial charge in [0, 0.05) is 47.7 Å². The van der Waals surface area contributed by atoms with Gasteiger partial charge in [-0.2, -0.15) is 0 Å². The van der Waals surface area contributed by atoms with Gasteiger partial charge in [0.1, 0.15) is 12.4 Å². The normalized spacial score (nSPS) is 12.8. The molecule has 3 aromatic rings. The van der Waals surface area contributed by atoms with E-state index < -0.39 is 0 Å². The van der Waals surface area contributed by atoms with Crippen LogP contribution in [-0.2, 0) is 19.5 Å². The lowest BCUT2D eigenvalue weighted by molar-refractivity contribution is 0.642. The van der Waals surface area contributed by atoms with Crippen molar-refractivity contribution in [3.05, 3.63) is 76.0 Å². The predicted molar refractivity (Wildman–Crippen MR) is 118 cm³/mol. The quantitative estimate of drug-likeness (QED) is 0.448. The van der Waals surface area contributed by atoms with Crippen molar-refractivity contribution in [1.82, 2.24) is 20.2 Å². The fourth-order valence-electron chi connectivity index (χ4n) is 3.07. The van der Waals surface area contributed by atoms with Crippen molar-refractivity contribution in [2.45, 2.75) is 46.3 Å². The van der Waals surface area contributed by atoms with Crippen LogP contribution in [-0.4, -0.2) is 28.1 Å². The van der Waals surface area contributed by atoms with Crippen molar-refractivity contribution < 1.29 is 0 Å². The van der Waals surface area contributed by atoms with E-state index >= 15 is 0 Å². The molecule has 3 rings (SSSR count). The van der Waals surface area contributed by atoms with Gasteiger partial charge in [0.25, 0.3) is 0 Å². The van der Waals surface area contributed by atoms with Crippen LogP contribution < -0.4 is 10.6 Å². The molecule has 0 radical (unpaired) electrons. The molecule has 0 fully saturated rings. The summed E-state index contributed by atoms with van der Waals surface area (Å²) in [6.45, 7) is 8.60. The number of aryl methyl sites for hydroxylation is 1. The summed E-state index contributed by atoms with van der Waals surface area (Å²) < 4.78 is 2.15. The number of nitrogens with one attached hydrogen (secondary N) is 2. The highest BCUT2D eigenvalue weighted by Crippen LogP contribution is 2.16. The summed E-state index contributed by atoms with van der Waals surface area (Å²) >= 11 is 1.86. The molecule has 0 spiro atoms. The molecule has 0 saturated carbocycles. The topological polar surface area (TPSA) is 54.2 Å². The number of benzene rings is 1. The molecule has 0 aliphatic heterocycles. The first kappa shape index (κ1) is 20.1. The smallest absolute Gasteiger partial charge is 0.191 e. The summed E-state index contributed by atoms with van der Waals surface area (Å²) in [5, 5.41) is 6.86. The first-order chi connectivity index (χ1) is 13.6. The van der Waals surface area contributed by atoms with E-state index in [2.05, 4.69) is 77.4 Å². The lowest BCUT2D eigenvalue weighted by atomic mass is 10.2. The van der Waals surface area contributed by atoms with Crippen molar-refractivity contribution in [3.8, 4) is 0 Å². The van der Waals surface area contributed by atoms with Crippen LogP contribution in [0.3, 0.4) is 0 Å². The molecule has 2 N–H and O–H groups in total. The second-order valence-electron chi connectivity index (χ2n) is 6.91. The van der Waals surface area contributed by atoms with Gasteiger partial charge in [-0.05, 0) is 38.5 Å². The average molecular weight is 396 g/mol. The van der Waals surface area contributed by atoms with Gasteiger partial charge in [-0.25, -0.2) is 9.98 Å². The van der Waals surface area contributed by atoms with Crippen LogP contribution in [0.4, 0.5) is 0 Å². The predicted octanol–water partition coefficient (Wildman–Crippen LogP) is 3.99. The van der Waals surface area contributed by atoms with Crippen molar-refractivity contribution in [2.75, 3.05) is 6.54 Å². The Balaban J connectivity index is 1.62. The zero-order valence-electron chi connectivity index (χ0n) is 16.9. The molecular weight excluding hydrogens is 366 g/mol. The number of hydrogen-bond donors (Lipinski definition) is 2. The molecule has 1 aromatic carbocycles. The SMILES string of the molecule is CCNC(=NCc1nccn1Cc1ccccc1)NC(C)Cc1ccc(C)s1. The van der Waals surface area contributed by atoms with Crippen LogP contribution in [0.2, 0.25) is 0 Å². The minimum Gasteiger partial charge on any atom is -0.357 e.